The van der Waals surface area contributed by atoms with Crippen molar-refractivity contribution in [3.8, 4) is 6.01 Å². The molecule has 2 atom stereocenters. The van der Waals surface area contributed by atoms with E-state index in [0.29, 0.717) is 18.9 Å². The SMILES string of the molecule is COc1nc(NN)nc(N2CC(O)CC2CN(C)C)n1. The highest BCUT2D eigenvalue weighted by atomic mass is 16.5. The van der Waals surface area contributed by atoms with E-state index in [2.05, 4.69) is 25.3 Å². The maximum Gasteiger partial charge on any atom is 0.322 e. The van der Waals surface area contributed by atoms with E-state index in [1.165, 1.54) is 7.11 Å². The summed E-state index contributed by atoms with van der Waals surface area (Å²) in [6, 6.07) is 0.325. The summed E-state index contributed by atoms with van der Waals surface area (Å²) < 4.78 is 5.04. The third-order valence-electron chi connectivity index (χ3n) is 3.14. The standard InChI is InChI=1S/C11H21N7O2/c1-17(2)5-7-4-8(19)6-18(7)10-13-9(16-12)14-11(15-10)20-3/h7-8,19H,4-6,12H2,1-3H3,(H,13,14,15,16). The fraction of sp³-hybridized carbons (Fsp3) is 0.727. The number of ether oxygens (including phenoxy) is 1. The van der Waals surface area contributed by atoms with Crippen molar-refractivity contribution in [1.82, 2.24) is 19.9 Å². The van der Waals surface area contributed by atoms with Gasteiger partial charge in [0, 0.05) is 19.1 Å². The maximum atomic E-state index is 9.89. The number of nitrogens with one attached hydrogen (secondary N) is 1. The Morgan fingerprint density at radius 2 is 2.20 bits per heavy atom. The highest BCUT2D eigenvalue weighted by Crippen LogP contribution is 2.25. The number of hydrazine groups is 1. The second kappa shape index (κ2) is 6.16. The molecule has 1 saturated heterocycles. The lowest BCUT2D eigenvalue weighted by atomic mass is 10.2. The number of nitrogens with two attached hydrogens (primary N) is 1. The van der Waals surface area contributed by atoms with Gasteiger partial charge in [-0.15, -0.1) is 0 Å². The Hall–Kier alpha value is -1.71. The monoisotopic (exact) mass is 283 g/mol. The molecule has 0 aliphatic carbocycles. The van der Waals surface area contributed by atoms with Gasteiger partial charge in [0.1, 0.15) is 0 Å². The average molecular weight is 283 g/mol. The molecule has 1 aromatic rings. The van der Waals surface area contributed by atoms with Crippen molar-refractivity contribution in [3.05, 3.63) is 0 Å². The highest BCUT2D eigenvalue weighted by Gasteiger charge is 2.33. The van der Waals surface area contributed by atoms with Gasteiger partial charge >= 0.3 is 6.01 Å². The molecule has 0 aromatic carbocycles. The number of anilines is 2. The quantitative estimate of drug-likeness (QED) is 0.446. The van der Waals surface area contributed by atoms with Crippen molar-refractivity contribution < 1.29 is 9.84 Å². The minimum Gasteiger partial charge on any atom is -0.467 e. The minimum absolute atomic E-state index is 0.137. The molecule has 0 amide bonds. The van der Waals surface area contributed by atoms with Crippen LogP contribution in [-0.4, -0.2) is 71.4 Å². The van der Waals surface area contributed by atoms with Gasteiger partial charge in [0.2, 0.25) is 11.9 Å². The largest absolute Gasteiger partial charge is 0.467 e. The molecule has 0 saturated carbocycles. The number of aromatic nitrogens is 3. The first-order valence-electron chi connectivity index (χ1n) is 6.39. The minimum atomic E-state index is -0.392. The summed E-state index contributed by atoms with van der Waals surface area (Å²) in [5, 5.41) is 9.89. The first-order chi connectivity index (χ1) is 9.53. The van der Waals surface area contributed by atoms with E-state index in [1.807, 2.05) is 19.0 Å². The summed E-state index contributed by atoms with van der Waals surface area (Å²) in [6.07, 6.45) is 0.286. The van der Waals surface area contributed by atoms with Gasteiger partial charge < -0.3 is 19.6 Å². The van der Waals surface area contributed by atoms with E-state index in [-0.39, 0.29) is 18.0 Å². The third-order valence-corrected chi connectivity index (χ3v) is 3.14. The zero-order valence-electron chi connectivity index (χ0n) is 11.9. The first-order valence-corrected chi connectivity index (χ1v) is 6.39. The number of aliphatic hydroxyl groups excluding tert-OH is 1. The van der Waals surface area contributed by atoms with Crippen LogP contribution in [0.15, 0.2) is 0 Å². The van der Waals surface area contributed by atoms with Crippen LogP contribution in [0.5, 0.6) is 6.01 Å². The van der Waals surface area contributed by atoms with Gasteiger partial charge in [0.05, 0.1) is 13.2 Å². The summed E-state index contributed by atoms with van der Waals surface area (Å²) in [5.41, 5.74) is 2.39. The predicted octanol–water partition coefficient (Wildman–Crippen LogP) is -1.33. The van der Waals surface area contributed by atoms with Crippen LogP contribution in [0.25, 0.3) is 0 Å². The second-order valence-electron chi connectivity index (χ2n) is 5.05. The molecule has 1 aliphatic heterocycles. The van der Waals surface area contributed by atoms with Crippen LogP contribution < -0.4 is 20.9 Å². The van der Waals surface area contributed by atoms with Crippen LogP contribution >= 0.6 is 0 Å². The second-order valence-corrected chi connectivity index (χ2v) is 5.05. The zero-order valence-corrected chi connectivity index (χ0v) is 11.9. The topological polar surface area (TPSA) is 113 Å². The molecule has 9 nitrogen and oxygen atoms in total. The molecule has 4 N–H and O–H groups in total. The van der Waals surface area contributed by atoms with Gasteiger partial charge in [0.25, 0.3) is 0 Å². The molecule has 2 heterocycles. The molecular formula is C11H21N7O2. The molecule has 1 aliphatic rings. The Morgan fingerprint density at radius 1 is 1.45 bits per heavy atom. The molecule has 1 aromatic heterocycles. The number of nitrogens with zero attached hydrogens (tertiary/aromatic N) is 5. The van der Waals surface area contributed by atoms with E-state index < -0.39 is 6.10 Å². The van der Waals surface area contributed by atoms with Crippen molar-refractivity contribution in [3.63, 3.8) is 0 Å². The predicted molar refractivity (Wildman–Crippen MR) is 74.5 cm³/mol. The van der Waals surface area contributed by atoms with E-state index in [1.54, 1.807) is 0 Å². The van der Waals surface area contributed by atoms with E-state index >= 15 is 0 Å². The van der Waals surface area contributed by atoms with Gasteiger partial charge in [0.15, 0.2) is 0 Å². The Balaban J connectivity index is 2.28. The summed E-state index contributed by atoms with van der Waals surface area (Å²) in [4.78, 5) is 16.4. The van der Waals surface area contributed by atoms with Crippen LogP contribution in [0.1, 0.15) is 6.42 Å². The normalized spacial score (nSPS) is 22.4. The molecule has 2 unspecified atom stereocenters. The Morgan fingerprint density at radius 3 is 2.80 bits per heavy atom. The van der Waals surface area contributed by atoms with E-state index in [9.17, 15) is 5.11 Å². The van der Waals surface area contributed by atoms with Crippen molar-refractivity contribution in [1.29, 1.82) is 0 Å². The van der Waals surface area contributed by atoms with Crippen LogP contribution in [-0.2, 0) is 0 Å². The number of β-amino-alcohol motifs (C(OH)–C–C–N with tert-alkyl or cyclic N) is 1. The Bertz CT molecular complexity index is 434. The number of hydrogen-bond acceptors (Lipinski definition) is 9. The average Bonchev–Trinajstić information content (AvgIpc) is 2.78. The smallest absolute Gasteiger partial charge is 0.322 e. The summed E-state index contributed by atoms with van der Waals surface area (Å²) in [7, 11) is 5.46. The molecule has 20 heavy (non-hydrogen) atoms. The molecule has 1 fully saturated rings. The number of aliphatic hydroxyl groups is 1. The fourth-order valence-corrected chi connectivity index (χ4v) is 2.36. The lowest BCUT2D eigenvalue weighted by Crippen LogP contribution is -2.38. The molecule has 9 heteroatoms. The number of methoxy groups -OCH3 is 1. The highest BCUT2D eigenvalue weighted by molar-refractivity contribution is 5.40. The summed E-state index contributed by atoms with van der Waals surface area (Å²) in [6.45, 7) is 1.28. The van der Waals surface area contributed by atoms with Crippen molar-refractivity contribution in [2.24, 2.45) is 5.84 Å². The van der Waals surface area contributed by atoms with Crippen molar-refractivity contribution in [2.75, 3.05) is 44.6 Å². The molecule has 112 valence electrons. The van der Waals surface area contributed by atoms with E-state index in [4.69, 9.17) is 10.6 Å². The Labute approximate surface area is 117 Å². The van der Waals surface area contributed by atoms with E-state index in [0.717, 1.165) is 6.54 Å². The molecule has 0 radical (unpaired) electrons. The number of rotatable bonds is 5. The van der Waals surface area contributed by atoms with Gasteiger partial charge in [-0.2, -0.15) is 15.0 Å². The van der Waals surface area contributed by atoms with Crippen molar-refractivity contribution in [2.45, 2.75) is 18.6 Å². The van der Waals surface area contributed by atoms with Gasteiger partial charge in [-0.3, -0.25) is 5.43 Å². The summed E-state index contributed by atoms with van der Waals surface area (Å²) in [5.74, 6) is 6.03. The van der Waals surface area contributed by atoms with Crippen LogP contribution in [0, 0.1) is 0 Å². The number of nitrogen functional groups attached to an aromatic ring is 1. The van der Waals surface area contributed by atoms with Gasteiger partial charge in [-0.05, 0) is 20.5 Å². The van der Waals surface area contributed by atoms with Crippen LogP contribution in [0.2, 0.25) is 0 Å². The number of likely N-dealkylation sites (N-methyl/N-ethyl adjacent to an activating group) is 1. The summed E-state index contributed by atoms with van der Waals surface area (Å²) >= 11 is 0. The first kappa shape index (κ1) is 14.7. The maximum absolute atomic E-state index is 9.89. The van der Waals surface area contributed by atoms with Crippen molar-refractivity contribution >= 4 is 11.9 Å². The van der Waals surface area contributed by atoms with Crippen LogP contribution in [0.4, 0.5) is 11.9 Å². The third kappa shape index (κ3) is 3.24. The molecular weight excluding hydrogens is 262 g/mol. The molecule has 2 rings (SSSR count). The lowest BCUT2D eigenvalue weighted by Gasteiger charge is -2.26. The fourth-order valence-electron chi connectivity index (χ4n) is 2.36. The van der Waals surface area contributed by atoms with Gasteiger partial charge in [-0.1, -0.05) is 0 Å². The molecule has 0 spiro atoms. The Kier molecular flexibility index (Phi) is 4.53. The molecule has 0 bridgehead atoms. The number of hydrogen-bond donors (Lipinski definition) is 3. The van der Waals surface area contributed by atoms with Crippen LogP contribution in [0.3, 0.4) is 0 Å². The lowest BCUT2D eigenvalue weighted by molar-refractivity contribution is 0.191. The van der Waals surface area contributed by atoms with Gasteiger partial charge in [-0.25, -0.2) is 5.84 Å². The zero-order chi connectivity index (χ0) is 14.7.